The van der Waals surface area contributed by atoms with Gasteiger partial charge in [0.05, 0.1) is 12.2 Å². The maximum absolute atomic E-state index is 10.4. The van der Waals surface area contributed by atoms with Crippen molar-refractivity contribution in [3.8, 4) is 11.5 Å². The SMILES string of the molecule is BrCC1CCCO1.O=CO[O-].O=Cc1ccc(O)cc1.O=Cc1ccc(OCC2CCCO2)cc1.[Cs+].[Cs+].[H-]. The van der Waals surface area contributed by atoms with Gasteiger partial charge in [-0.25, -0.2) is 0 Å². The smallest absolute Gasteiger partial charge is 1.00 e. The first-order valence-electron chi connectivity index (χ1n) is 11.0. The molecule has 4 rings (SSSR count). The molecule has 0 bridgehead atoms. The number of alkyl halides is 1. The predicted octanol–water partition coefficient (Wildman–Crippen LogP) is -2.62. The van der Waals surface area contributed by atoms with Gasteiger partial charge in [-0.05, 0) is 74.2 Å². The predicted molar refractivity (Wildman–Crippen MR) is 131 cm³/mol. The molecule has 2 heterocycles. The van der Waals surface area contributed by atoms with Crippen molar-refractivity contribution >= 4 is 35.0 Å². The van der Waals surface area contributed by atoms with E-state index in [0.717, 1.165) is 49.7 Å². The molecule has 0 aromatic heterocycles. The fourth-order valence-electron chi connectivity index (χ4n) is 2.93. The van der Waals surface area contributed by atoms with E-state index >= 15 is 0 Å². The van der Waals surface area contributed by atoms with Gasteiger partial charge < -0.3 is 30.9 Å². The van der Waals surface area contributed by atoms with E-state index in [2.05, 4.69) is 20.8 Å². The van der Waals surface area contributed by atoms with E-state index in [1.54, 1.807) is 36.4 Å². The van der Waals surface area contributed by atoms with Crippen LogP contribution in [0.1, 0.15) is 47.8 Å². The molecule has 2 fully saturated rings. The maximum atomic E-state index is 10.4. The van der Waals surface area contributed by atoms with Crippen LogP contribution >= 0.6 is 15.9 Å². The van der Waals surface area contributed by atoms with Gasteiger partial charge in [-0.3, -0.25) is 14.4 Å². The van der Waals surface area contributed by atoms with Crippen LogP contribution in [-0.2, 0) is 19.2 Å². The van der Waals surface area contributed by atoms with Crippen LogP contribution in [0, 0.1) is 0 Å². The molecule has 2 aliphatic heterocycles. The summed E-state index contributed by atoms with van der Waals surface area (Å²) < 4.78 is 16.2. The van der Waals surface area contributed by atoms with Crippen molar-refractivity contribution in [3.63, 3.8) is 0 Å². The van der Waals surface area contributed by atoms with Crippen LogP contribution < -0.4 is 148 Å². The van der Waals surface area contributed by atoms with Gasteiger partial charge in [0.25, 0.3) is 6.47 Å². The number of rotatable bonds is 7. The Morgan fingerprint density at radius 1 is 0.892 bits per heavy atom. The first-order chi connectivity index (χ1) is 17.1. The zero-order valence-electron chi connectivity index (χ0n) is 22.3. The van der Waals surface area contributed by atoms with Crippen LogP contribution in [0.4, 0.5) is 0 Å². The molecule has 2 aliphatic rings. The molecule has 194 valence electrons. The number of phenols is 1. The molecule has 0 spiro atoms. The summed E-state index contributed by atoms with van der Waals surface area (Å²) in [6.45, 7) is 2.23. The number of hydrogen-bond acceptors (Lipinski definition) is 9. The van der Waals surface area contributed by atoms with Gasteiger partial charge in [0.2, 0.25) is 0 Å². The van der Waals surface area contributed by atoms with Crippen LogP contribution in [0.5, 0.6) is 11.5 Å². The van der Waals surface area contributed by atoms with Gasteiger partial charge in [0.15, 0.2) is 0 Å². The van der Waals surface area contributed by atoms with Crippen molar-refractivity contribution in [1.82, 2.24) is 0 Å². The molecule has 2 saturated heterocycles. The molecule has 2 aromatic rings. The van der Waals surface area contributed by atoms with Crippen LogP contribution in [0.3, 0.4) is 0 Å². The average molecular weight is 821 g/mol. The summed E-state index contributed by atoms with van der Waals surface area (Å²) >= 11 is 3.35. The van der Waals surface area contributed by atoms with Gasteiger partial charge in [-0.15, -0.1) is 0 Å². The van der Waals surface area contributed by atoms with Crippen molar-refractivity contribution in [1.29, 1.82) is 0 Å². The Labute approximate surface area is 345 Å². The molecule has 0 radical (unpaired) electrons. The second-order valence-electron chi connectivity index (χ2n) is 7.32. The van der Waals surface area contributed by atoms with Crippen LogP contribution in [-0.4, -0.2) is 61.5 Å². The Hall–Kier alpha value is 1.31. The third-order valence-electron chi connectivity index (χ3n) is 4.74. The van der Waals surface area contributed by atoms with E-state index in [1.165, 1.54) is 25.0 Å². The van der Waals surface area contributed by atoms with Crippen molar-refractivity contribution in [2.45, 2.75) is 37.9 Å². The zero-order valence-corrected chi connectivity index (χ0v) is 35.4. The topological polar surface area (TPSA) is 131 Å². The van der Waals surface area contributed by atoms with Gasteiger partial charge in [-0.2, -0.15) is 0 Å². The third kappa shape index (κ3) is 20.8. The number of aldehydes is 2. The molecule has 37 heavy (non-hydrogen) atoms. The minimum Gasteiger partial charge on any atom is -1.00 e. The minimum absolute atomic E-state index is 0. The fourth-order valence-corrected chi connectivity index (χ4v) is 3.44. The first-order valence-corrected chi connectivity index (χ1v) is 12.1. The molecule has 0 saturated carbocycles. The van der Waals surface area contributed by atoms with E-state index < -0.39 is 0 Å². The molecule has 12 heteroatoms. The monoisotopic (exact) mass is 820 g/mol. The summed E-state index contributed by atoms with van der Waals surface area (Å²) in [6, 6.07) is 13.2. The van der Waals surface area contributed by atoms with Gasteiger partial charge in [0.1, 0.15) is 30.7 Å². The summed E-state index contributed by atoms with van der Waals surface area (Å²) in [7, 11) is 0. The average Bonchev–Trinajstić information content (AvgIpc) is 3.64. The largest absolute Gasteiger partial charge is 1.00 e. The molecule has 0 aliphatic carbocycles. The Morgan fingerprint density at radius 3 is 1.70 bits per heavy atom. The molecule has 0 amide bonds. The third-order valence-corrected chi connectivity index (χ3v) is 5.46. The van der Waals surface area contributed by atoms with Crippen molar-refractivity contribution in [2.24, 2.45) is 0 Å². The Balaban J connectivity index is -0.000000462. The number of benzene rings is 2. The second kappa shape index (κ2) is 27.5. The zero-order chi connectivity index (χ0) is 25.7. The maximum Gasteiger partial charge on any atom is 1.00 e. The number of hydrogen-bond donors (Lipinski definition) is 1. The molecule has 2 unspecified atom stereocenters. The molecular formula is C25H31BrCs2O9. The Bertz CT molecular complexity index is 834. The molecular weight excluding hydrogens is 790 g/mol. The molecule has 2 aromatic carbocycles. The quantitative estimate of drug-likeness (QED) is 0.138. The number of ether oxygens (including phenoxy) is 3. The minimum atomic E-state index is -0.181. The first kappa shape index (κ1) is 40.5. The standard InChI is InChI=1S/C12H14O3.C7H6O2.C5H9BrO.CH2O3.2Cs.H/c13-8-10-3-5-11(6-4-10)15-9-12-2-1-7-14-12;8-5-6-1-3-7(9)4-2-6;6-4-5-2-1-3-7-5;2-1-4-3;;;/h3-6,8,12H,1-2,7,9H2;1-5,9H;5H,1-4H2;1,3H;;;/q;;;;2*+1;-1/p-1. The van der Waals surface area contributed by atoms with Crippen LogP contribution in [0.25, 0.3) is 0 Å². The number of carbonyl (C=O) groups is 3. The summed E-state index contributed by atoms with van der Waals surface area (Å²) in [6.07, 6.45) is 6.99. The number of carbonyl (C=O) groups excluding carboxylic acids is 3. The van der Waals surface area contributed by atoms with E-state index in [0.29, 0.717) is 23.8 Å². The van der Waals surface area contributed by atoms with Crippen molar-refractivity contribution in [3.05, 3.63) is 59.7 Å². The Morgan fingerprint density at radius 2 is 1.35 bits per heavy atom. The molecule has 1 N–H and O–H groups in total. The van der Waals surface area contributed by atoms with E-state index in [-0.39, 0.29) is 158 Å². The van der Waals surface area contributed by atoms with Crippen molar-refractivity contribution in [2.75, 3.05) is 25.2 Å². The number of halogens is 1. The Kier molecular flexibility index (Phi) is 30.0. The van der Waals surface area contributed by atoms with Gasteiger partial charge in [0, 0.05) is 29.7 Å². The number of aromatic hydroxyl groups is 1. The normalized spacial score (nSPS) is 16.8. The summed E-state index contributed by atoms with van der Waals surface area (Å²) in [5.41, 5.74) is 1.24. The van der Waals surface area contributed by atoms with E-state index in [1.807, 2.05) is 0 Å². The van der Waals surface area contributed by atoms with Gasteiger partial charge in [-0.1, -0.05) is 15.9 Å². The van der Waals surface area contributed by atoms with E-state index in [4.69, 9.17) is 29.4 Å². The molecule has 2 atom stereocenters. The van der Waals surface area contributed by atoms with Crippen LogP contribution in [0.15, 0.2) is 48.5 Å². The number of phenolic OH excluding ortho intramolecular Hbond substituents is 1. The van der Waals surface area contributed by atoms with Crippen molar-refractivity contribution < 1.29 is 183 Å². The fraction of sp³-hybridized carbons (Fsp3) is 0.400. The molecule has 9 nitrogen and oxygen atoms in total. The van der Waals surface area contributed by atoms with Gasteiger partial charge >= 0.3 is 138 Å². The van der Waals surface area contributed by atoms with E-state index in [9.17, 15) is 9.59 Å². The summed E-state index contributed by atoms with van der Waals surface area (Å²) in [5, 5.41) is 18.2. The van der Waals surface area contributed by atoms with Crippen LogP contribution in [0.2, 0.25) is 0 Å². The summed E-state index contributed by atoms with van der Waals surface area (Å²) in [4.78, 5) is 31.7. The second-order valence-corrected chi connectivity index (χ2v) is 7.97. The summed E-state index contributed by atoms with van der Waals surface area (Å²) in [5.74, 6) is 0.969.